The van der Waals surface area contributed by atoms with Crippen molar-refractivity contribution in [2.75, 3.05) is 6.54 Å². The van der Waals surface area contributed by atoms with Crippen LogP contribution in [0.3, 0.4) is 0 Å². The molecule has 8 nitrogen and oxygen atoms in total. The number of amides is 1. The first-order chi connectivity index (χ1) is 17.8. The highest BCUT2D eigenvalue weighted by Gasteiger charge is 2.37. The fraction of sp³-hybridized carbons (Fsp3) is 0.429. The fourth-order valence-corrected chi connectivity index (χ4v) is 6.25. The van der Waals surface area contributed by atoms with Crippen LogP contribution in [0, 0.1) is 12.7 Å². The molecule has 37 heavy (non-hydrogen) atoms. The molecule has 3 N–H and O–H groups in total. The van der Waals surface area contributed by atoms with Crippen LogP contribution < -0.4 is 16.6 Å². The van der Waals surface area contributed by atoms with E-state index in [2.05, 4.69) is 5.32 Å². The van der Waals surface area contributed by atoms with Gasteiger partial charge in [-0.25, -0.2) is 9.37 Å². The average molecular weight is 505 g/mol. The van der Waals surface area contributed by atoms with Crippen LogP contribution in [-0.4, -0.2) is 28.0 Å². The number of hydrogen-bond acceptors (Lipinski definition) is 6. The summed E-state index contributed by atoms with van der Waals surface area (Å²) in [5.74, 6) is -1.24. The van der Waals surface area contributed by atoms with Gasteiger partial charge in [0.15, 0.2) is 0 Å². The van der Waals surface area contributed by atoms with Crippen molar-refractivity contribution in [3.05, 3.63) is 61.7 Å². The number of cyclic esters (lactones) is 1. The maximum atomic E-state index is 14.9. The van der Waals surface area contributed by atoms with Crippen molar-refractivity contribution in [1.82, 2.24) is 14.9 Å². The van der Waals surface area contributed by atoms with Gasteiger partial charge in [0.2, 0.25) is 5.91 Å². The Hall–Kier alpha value is -3.59. The lowest BCUT2D eigenvalue weighted by atomic mass is 9.81. The Bertz CT molecular complexity index is 1560. The molecule has 1 aromatic carbocycles. The van der Waals surface area contributed by atoms with Gasteiger partial charge < -0.3 is 20.4 Å². The largest absolute Gasteiger partial charge is 0.460 e. The minimum Gasteiger partial charge on any atom is -0.460 e. The van der Waals surface area contributed by atoms with Gasteiger partial charge in [-0.05, 0) is 67.5 Å². The first-order valence-corrected chi connectivity index (χ1v) is 12.9. The number of aryl methyl sites for hydroxylation is 1. The number of aromatic nitrogens is 2. The smallest absolute Gasteiger partial charge is 0.313 e. The molecule has 192 valence electrons. The Morgan fingerprint density at radius 3 is 2.84 bits per heavy atom. The summed E-state index contributed by atoms with van der Waals surface area (Å²) in [4.78, 5) is 43.6. The average Bonchev–Trinajstić information content (AvgIpc) is 3.25. The van der Waals surface area contributed by atoms with Crippen molar-refractivity contribution in [2.24, 2.45) is 5.73 Å². The number of benzene rings is 1. The molecule has 0 radical (unpaired) electrons. The van der Waals surface area contributed by atoms with Crippen LogP contribution in [0.25, 0.3) is 22.3 Å². The van der Waals surface area contributed by atoms with E-state index in [1.54, 1.807) is 11.5 Å². The van der Waals surface area contributed by atoms with E-state index in [1.165, 1.54) is 6.07 Å². The van der Waals surface area contributed by atoms with E-state index in [-0.39, 0.29) is 35.9 Å². The summed E-state index contributed by atoms with van der Waals surface area (Å²) in [7, 11) is 0. The Morgan fingerprint density at radius 2 is 2.08 bits per heavy atom. The zero-order valence-electron chi connectivity index (χ0n) is 20.9. The molecule has 6 rings (SSSR count). The number of pyridine rings is 2. The fourth-order valence-electron chi connectivity index (χ4n) is 6.25. The molecule has 9 heteroatoms. The lowest BCUT2D eigenvalue weighted by Gasteiger charge is -2.29. The van der Waals surface area contributed by atoms with Crippen molar-refractivity contribution in [1.29, 1.82) is 0 Å². The molecule has 2 aliphatic heterocycles. The third-order valence-corrected chi connectivity index (χ3v) is 8.14. The van der Waals surface area contributed by atoms with Crippen molar-refractivity contribution in [3.8, 4) is 11.4 Å². The summed E-state index contributed by atoms with van der Waals surface area (Å²) in [5.41, 5.74) is 11.6. The predicted octanol–water partition coefficient (Wildman–Crippen LogP) is 3.27. The summed E-state index contributed by atoms with van der Waals surface area (Å²) in [5, 5.41) is 4.03. The number of carbonyl (C=O) groups is 2. The molecule has 0 bridgehead atoms. The molecule has 0 saturated heterocycles. The molecule has 1 unspecified atom stereocenters. The Kier molecular flexibility index (Phi) is 5.63. The van der Waals surface area contributed by atoms with Gasteiger partial charge in [0.05, 0.1) is 41.0 Å². The van der Waals surface area contributed by atoms with Crippen LogP contribution in [0.1, 0.15) is 77.9 Å². The molecule has 0 fully saturated rings. The van der Waals surface area contributed by atoms with Crippen molar-refractivity contribution in [3.63, 3.8) is 0 Å². The number of carbonyl (C=O) groups excluding carboxylic acids is 2. The van der Waals surface area contributed by atoms with E-state index in [1.807, 2.05) is 13.0 Å². The van der Waals surface area contributed by atoms with Gasteiger partial charge in [-0.3, -0.25) is 14.4 Å². The van der Waals surface area contributed by atoms with E-state index in [0.29, 0.717) is 78.8 Å². The van der Waals surface area contributed by atoms with Crippen LogP contribution in [-0.2, 0) is 33.9 Å². The van der Waals surface area contributed by atoms with Crippen LogP contribution in [0.4, 0.5) is 4.39 Å². The molecular weight excluding hydrogens is 475 g/mol. The number of nitrogens with two attached hydrogens (primary N) is 1. The van der Waals surface area contributed by atoms with Gasteiger partial charge in [0, 0.05) is 23.4 Å². The SMILES string of the molecule is CC[C@H]1C(=O)OCc2c1cc1n(c2=O)Cc2c-1nc1cc(F)c(C)c3c1c2C(NC(=O)CCCN)CC3. The van der Waals surface area contributed by atoms with Gasteiger partial charge in [0.25, 0.3) is 5.56 Å². The second-order valence-electron chi connectivity index (χ2n) is 10.2. The summed E-state index contributed by atoms with van der Waals surface area (Å²) in [6.45, 7) is 4.35. The molecule has 0 spiro atoms. The Morgan fingerprint density at radius 1 is 1.27 bits per heavy atom. The van der Waals surface area contributed by atoms with E-state index in [0.717, 1.165) is 22.1 Å². The number of esters is 1. The quantitative estimate of drug-likeness (QED) is 0.403. The van der Waals surface area contributed by atoms with E-state index < -0.39 is 5.92 Å². The number of nitrogens with one attached hydrogen (secondary N) is 1. The van der Waals surface area contributed by atoms with Crippen LogP contribution >= 0.6 is 0 Å². The van der Waals surface area contributed by atoms with Crippen molar-refractivity contribution >= 4 is 22.8 Å². The molecule has 2 atom stereocenters. The maximum absolute atomic E-state index is 14.9. The molecular formula is C28H29FN4O4. The number of hydrogen-bond donors (Lipinski definition) is 2. The Labute approximate surface area is 213 Å². The van der Waals surface area contributed by atoms with E-state index in [9.17, 15) is 18.8 Å². The minimum absolute atomic E-state index is 0.0449. The van der Waals surface area contributed by atoms with Gasteiger partial charge in [0.1, 0.15) is 12.4 Å². The summed E-state index contributed by atoms with van der Waals surface area (Å²) >= 11 is 0. The van der Waals surface area contributed by atoms with Crippen molar-refractivity contribution < 1.29 is 18.7 Å². The van der Waals surface area contributed by atoms with Gasteiger partial charge >= 0.3 is 5.97 Å². The maximum Gasteiger partial charge on any atom is 0.313 e. The van der Waals surface area contributed by atoms with Gasteiger partial charge in [-0.1, -0.05) is 6.92 Å². The van der Waals surface area contributed by atoms with Crippen LogP contribution in [0.2, 0.25) is 0 Å². The summed E-state index contributed by atoms with van der Waals surface area (Å²) in [6.07, 6.45) is 2.68. The first kappa shape index (κ1) is 23.8. The normalized spacial score (nSPS) is 19.3. The first-order valence-electron chi connectivity index (χ1n) is 12.9. The molecule has 3 aliphatic rings. The highest BCUT2D eigenvalue weighted by atomic mass is 19.1. The second-order valence-corrected chi connectivity index (χ2v) is 10.2. The molecule has 0 saturated carbocycles. The third kappa shape index (κ3) is 3.51. The predicted molar refractivity (Wildman–Crippen MR) is 136 cm³/mol. The highest BCUT2D eigenvalue weighted by molar-refractivity contribution is 5.93. The van der Waals surface area contributed by atoms with Gasteiger partial charge in [-0.15, -0.1) is 0 Å². The zero-order valence-corrected chi connectivity index (χ0v) is 20.9. The summed E-state index contributed by atoms with van der Waals surface area (Å²) in [6, 6.07) is 3.04. The Balaban J connectivity index is 1.58. The van der Waals surface area contributed by atoms with E-state index >= 15 is 0 Å². The number of rotatable bonds is 5. The standard InChI is InChI=1S/C28H29FN4O4/c1-3-14-16-9-22-26-17(11-33(22)27(35)18(16)12-37-28(14)36)25-20(31-23(34)5-4-8-30)7-6-15-13(2)19(29)10-21(32-26)24(15)25/h9-10,14,20H,3-8,11-12,30H2,1-2H3,(H,31,34)/t14-,20?/m1/s1. The third-order valence-electron chi connectivity index (χ3n) is 8.14. The molecule has 1 amide bonds. The second kappa shape index (κ2) is 8.76. The highest BCUT2D eigenvalue weighted by Crippen LogP contribution is 2.45. The topological polar surface area (TPSA) is 116 Å². The zero-order chi connectivity index (χ0) is 26.0. The van der Waals surface area contributed by atoms with Crippen molar-refractivity contribution in [2.45, 2.75) is 71.1 Å². The van der Waals surface area contributed by atoms with Gasteiger partial charge in [-0.2, -0.15) is 0 Å². The number of ether oxygens (including phenoxy) is 1. The van der Waals surface area contributed by atoms with E-state index in [4.69, 9.17) is 15.5 Å². The number of fused-ring (bicyclic) bond motifs is 5. The minimum atomic E-state index is -0.508. The molecule has 4 heterocycles. The van der Waals surface area contributed by atoms with Crippen LogP contribution in [0.15, 0.2) is 16.9 Å². The molecule has 2 aromatic heterocycles. The lowest BCUT2D eigenvalue weighted by molar-refractivity contribution is -0.148. The van der Waals surface area contributed by atoms with Crippen LogP contribution in [0.5, 0.6) is 0 Å². The monoisotopic (exact) mass is 504 g/mol. The molecule has 3 aromatic rings. The number of halogens is 1. The lowest BCUT2D eigenvalue weighted by Crippen LogP contribution is -2.33. The summed E-state index contributed by atoms with van der Waals surface area (Å²) < 4.78 is 21.9. The molecule has 1 aliphatic carbocycles. The number of nitrogens with zero attached hydrogens (tertiary/aromatic N) is 2.